The highest BCUT2D eigenvalue weighted by Gasteiger charge is 2.23. The Kier molecular flexibility index (Phi) is 6.70. The van der Waals surface area contributed by atoms with E-state index in [1.807, 2.05) is 6.07 Å². The Morgan fingerprint density at radius 2 is 1.75 bits per heavy atom. The average Bonchev–Trinajstić information content (AvgIpc) is 2.64. The summed E-state index contributed by atoms with van der Waals surface area (Å²) in [6.07, 6.45) is 1.23. The van der Waals surface area contributed by atoms with E-state index < -0.39 is 29.6 Å². The van der Waals surface area contributed by atoms with Gasteiger partial charge >= 0.3 is 11.7 Å². The summed E-state index contributed by atoms with van der Waals surface area (Å²) in [6.45, 7) is 4.57. The monoisotopic (exact) mass is 385 g/mol. The Balaban J connectivity index is 2.46. The van der Waals surface area contributed by atoms with Crippen molar-refractivity contribution in [1.29, 1.82) is 0 Å². The minimum atomic E-state index is -0.794. The SMILES string of the molecule is CCn1c(=O)c(C(=O)COC(=O)C=C(C)C)c(N)n(Cc2ccccc2)c1=O. The minimum Gasteiger partial charge on any atom is -0.454 e. The molecule has 2 rings (SSSR count). The van der Waals surface area contributed by atoms with Gasteiger partial charge in [-0.15, -0.1) is 0 Å². The molecule has 28 heavy (non-hydrogen) atoms. The van der Waals surface area contributed by atoms with E-state index in [0.29, 0.717) is 5.57 Å². The highest BCUT2D eigenvalue weighted by Crippen LogP contribution is 2.10. The van der Waals surface area contributed by atoms with Crippen molar-refractivity contribution in [1.82, 2.24) is 9.13 Å². The van der Waals surface area contributed by atoms with Crippen LogP contribution in [0.15, 0.2) is 51.6 Å². The number of nitrogens with two attached hydrogens (primary N) is 1. The highest BCUT2D eigenvalue weighted by molar-refractivity contribution is 6.01. The summed E-state index contributed by atoms with van der Waals surface area (Å²) in [5.41, 5.74) is 5.76. The topological polar surface area (TPSA) is 113 Å². The number of rotatable bonds is 7. The number of anilines is 1. The molecule has 1 aromatic carbocycles. The molecule has 0 aliphatic heterocycles. The molecule has 0 amide bonds. The van der Waals surface area contributed by atoms with Crippen LogP contribution < -0.4 is 17.0 Å². The number of aromatic nitrogens is 2. The van der Waals surface area contributed by atoms with Gasteiger partial charge in [0, 0.05) is 12.6 Å². The van der Waals surface area contributed by atoms with Gasteiger partial charge in [-0.05, 0) is 26.3 Å². The van der Waals surface area contributed by atoms with E-state index in [4.69, 9.17) is 10.5 Å². The zero-order chi connectivity index (χ0) is 20.8. The molecule has 0 bridgehead atoms. The van der Waals surface area contributed by atoms with Crippen LogP contribution in [0.2, 0.25) is 0 Å². The number of carbonyl (C=O) groups excluding carboxylic acids is 2. The van der Waals surface area contributed by atoms with Gasteiger partial charge in [0.1, 0.15) is 11.4 Å². The Hall–Kier alpha value is -3.42. The predicted molar refractivity (Wildman–Crippen MR) is 105 cm³/mol. The maximum Gasteiger partial charge on any atom is 0.332 e. The number of nitrogen functional groups attached to an aromatic ring is 1. The molecule has 0 radical (unpaired) electrons. The Morgan fingerprint density at radius 3 is 2.32 bits per heavy atom. The van der Waals surface area contributed by atoms with E-state index in [-0.39, 0.29) is 24.5 Å². The molecule has 2 aromatic rings. The molecular formula is C20H23N3O5. The number of allylic oxidation sites excluding steroid dienone is 1. The lowest BCUT2D eigenvalue weighted by molar-refractivity contribution is -0.136. The molecule has 0 saturated carbocycles. The lowest BCUT2D eigenvalue weighted by Gasteiger charge is -2.15. The van der Waals surface area contributed by atoms with Gasteiger partial charge in [-0.3, -0.25) is 18.7 Å². The van der Waals surface area contributed by atoms with Crippen molar-refractivity contribution in [3.05, 3.63) is 73.9 Å². The summed E-state index contributed by atoms with van der Waals surface area (Å²) in [7, 11) is 0. The Bertz CT molecular complexity index is 1030. The third kappa shape index (κ3) is 4.64. The number of esters is 1. The summed E-state index contributed by atoms with van der Waals surface area (Å²) >= 11 is 0. The number of Topliss-reactive ketones (excluding diaryl/α,β-unsaturated/α-hetero) is 1. The molecule has 0 aliphatic rings. The maximum absolute atomic E-state index is 12.6. The van der Waals surface area contributed by atoms with Gasteiger partial charge in [0.05, 0.1) is 6.54 Å². The molecule has 0 fully saturated rings. The van der Waals surface area contributed by atoms with Gasteiger partial charge in [-0.2, -0.15) is 0 Å². The highest BCUT2D eigenvalue weighted by atomic mass is 16.5. The van der Waals surface area contributed by atoms with Crippen LogP contribution in [-0.4, -0.2) is 27.5 Å². The summed E-state index contributed by atoms with van der Waals surface area (Å²) in [6, 6.07) is 9.05. The first-order valence-electron chi connectivity index (χ1n) is 8.78. The molecule has 0 spiro atoms. The van der Waals surface area contributed by atoms with Gasteiger partial charge in [0.15, 0.2) is 6.61 Å². The average molecular weight is 385 g/mol. The molecule has 2 N–H and O–H groups in total. The maximum atomic E-state index is 12.6. The third-order valence-electron chi connectivity index (χ3n) is 4.00. The lowest BCUT2D eigenvalue weighted by atomic mass is 10.2. The standard InChI is InChI=1S/C20H23N3O5/c1-4-22-19(26)17(15(24)12-28-16(25)10-13(2)3)18(21)23(20(22)27)11-14-8-6-5-7-9-14/h5-10H,4,11-12,21H2,1-3H3. The van der Waals surface area contributed by atoms with Crippen LogP contribution in [-0.2, 0) is 22.6 Å². The van der Waals surface area contributed by atoms with Crippen LogP contribution >= 0.6 is 0 Å². The number of hydrogen-bond donors (Lipinski definition) is 1. The van der Waals surface area contributed by atoms with Crippen LogP contribution in [0.4, 0.5) is 5.82 Å². The number of hydrogen-bond acceptors (Lipinski definition) is 6. The number of ether oxygens (including phenoxy) is 1. The van der Waals surface area contributed by atoms with Crippen molar-refractivity contribution in [2.45, 2.75) is 33.9 Å². The fourth-order valence-corrected chi connectivity index (χ4v) is 2.66. The zero-order valence-corrected chi connectivity index (χ0v) is 16.1. The largest absolute Gasteiger partial charge is 0.454 e. The molecule has 0 atom stereocenters. The van der Waals surface area contributed by atoms with Crippen LogP contribution in [0.25, 0.3) is 0 Å². The van der Waals surface area contributed by atoms with Gasteiger partial charge in [-0.1, -0.05) is 35.9 Å². The number of carbonyl (C=O) groups is 2. The van der Waals surface area contributed by atoms with Crippen molar-refractivity contribution in [2.75, 3.05) is 12.3 Å². The second kappa shape index (κ2) is 8.98. The van der Waals surface area contributed by atoms with E-state index in [1.54, 1.807) is 45.0 Å². The zero-order valence-electron chi connectivity index (χ0n) is 16.1. The van der Waals surface area contributed by atoms with E-state index in [0.717, 1.165) is 10.1 Å². The van der Waals surface area contributed by atoms with E-state index >= 15 is 0 Å². The second-order valence-electron chi connectivity index (χ2n) is 6.42. The van der Waals surface area contributed by atoms with E-state index in [2.05, 4.69) is 0 Å². The fourth-order valence-electron chi connectivity index (χ4n) is 2.66. The Morgan fingerprint density at radius 1 is 1.11 bits per heavy atom. The molecule has 1 heterocycles. The molecular weight excluding hydrogens is 362 g/mol. The summed E-state index contributed by atoms with van der Waals surface area (Å²) in [4.78, 5) is 49.4. The van der Waals surface area contributed by atoms with Crippen molar-refractivity contribution < 1.29 is 14.3 Å². The van der Waals surface area contributed by atoms with Crippen LogP contribution in [0.1, 0.15) is 36.7 Å². The minimum absolute atomic E-state index is 0.0740. The first-order valence-corrected chi connectivity index (χ1v) is 8.78. The van der Waals surface area contributed by atoms with Crippen LogP contribution in [0, 0.1) is 0 Å². The summed E-state index contributed by atoms with van der Waals surface area (Å²) < 4.78 is 6.99. The van der Waals surface area contributed by atoms with Gasteiger partial charge in [0.2, 0.25) is 5.78 Å². The normalized spacial score (nSPS) is 10.4. The molecule has 0 aliphatic carbocycles. The number of nitrogens with zero attached hydrogens (tertiary/aromatic N) is 2. The first kappa shape index (κ1) is 20.9. The molecule has 0 saturated heterocycles. The molecule has 0 unspecified atom stereocenters. The van der Waals surface area contributed by atoms with Crippen molar-refractivity contribution in [3.8, 4) is 0 Å². The smallest absolute Gasteiger partial charge is 0.332 e. The number of ketones is 1. The van der Waals surface area contributed by atoms with Gasteiger partial charge in [-0.25, -0.2) is 9.59 Å². The van der Waals surface area contributed by atoms with E-state index in [1.165, 1.54) is 10.6 Å². The van der Waals surface area contributed by atoms with E-state index in [9.17, 15) is 19.2 Å². The van der Waals surface area contributed by atoms with Crippen LogP contribution in [0.3, 0.4) is 0 Å². The molecule has 1 aromatic heterocycles. The van der Waals surface area contributed by atoms with Crippen molar-refractivity contribution in [2.24, 2.45) is 0 Å². The molecule has 148 valence electrons. The van der Waals surface area contributed by atoms with Crippen molar-refractivity contribution >= 4 is 17.6 Å². The number of benzene rings is 1. The first-order chi connectivity index (χ1) is 13.3. The Labute approximate surface area is 161 Å². The predicted octanol–water partition coefficient (Wildman–Crippen LogP) is 1.35. The quantitative estimate of drug-likeness (QED) is 0.437. The van der Waals surface area contributed by atoms with Crippen LogP contribution in [0.5, 0.6) is 0 Å². The lowest BCUT2D eigenvalue weighted by Crippen LogP contribution is -2.44. The summed E-state index contributed by atoms with van der Waals surface area (Å²) in [5, 5.41) is 0. The fraction of sp³-hybridized carbons (Fsp3) is 0.300. The van der Waals surface area contributed by atoms with Gasteiger partial charge in [0.25, 0.3) is 5.56 Å². The van der Waals surface area contributed by atoms with Gasteiger partial charge < -0.3 is 10.5 Å². The second-order valence-corrected chi connectivity index (χ2v) is 6.42. The van der Waals surface area contributed by atoms with Crippen molar-refractivity contribution in [3.63, 3.8) is 0 Å². The molecule has 8 heteroatoms. The third-order valence-corrected chi connectivity index (χ3v) is 4.00. The summed E-state index contributed by atoms with van der Waals surface area (Å²) in [5.74, 6) is -1.70. The molecule has 8 nitrogen and oxygen atoms in total.